The van der Waals surface area contributed by atoms with Crippen molar-refractivity contribution < 1.29 is 9.59 Å². The first kappa shape index (κ1) is 24.4. The van der Waals surface area contributed by atoms with Crippen molar-refractivity contribution in [1.29, 1.82) is 10.8 Å². The highest BCUT2D eigenvalue weighted by Gasteiger charge is 2.24. The first-order chi connectivity index (χ1) is 16.9. The van der Waals surface area contributed by atoms with Crippen LogP contribution >= 0.6 is 0 Å². The van der Waals surface area contributed by atoms with Crippen LogP contribution in [0.2, 0.25) is 0 Å². The molecule has 0 saturated carbocycles. The first-order valence-electron chi connectivity index (χ1n) is 12.2. The Bertz CT molecular complexity index is 1130. The van der Waals surface area contributed by atoms with Gasteiger partial charge in [0, 0.05) is 44.4 Å². The molecule has 9 nitrogen and oxygen atoms in total. The van der Waals surface area contributed by atoms with Crippen molar-refractivity contribution in [2.24, 2.45) is 0 Å². The number of allylic oxidation sites excluding steroid dienone is 2. The van der Waals surface area contributed by atoms with E-state index >= 15 is 0 Å². The zero-order valence-electron chi connectivity index (χ0n) is 20.4. The van der Waals surface area contributed by atoms with Gasteiger partial charge in [0.15, 0.2) is 0 Å². The molecule has 1 aromatic heterocycles. The van der Waals surface area contributed by atoms with Crippen LogP contribution in [0.4, 0.5) is 4.79 Å². The molecule has 9 heteroatoms. The minimum Gasteiger partial charge on any atom is -0.341 e. The van der Waals surface area contributed by atoms with Gasteiger partial charge in [-0.25, -0.2) is 4.79 Å². The predicted octanol–water partition coefficient (Wildman–Crippen LogP) is 3.15. The maximum Gasteiger partial charge on any atom is 0.317 e. The van der Waals surface area contributed by atoms with Crippen LogP contribution in [0, 0.1) is 10.8 Å². The number of rotatable bonds is 4. The number of carbonyl (C=O) groups excluding carboxylic acids is 2. The molecule has 184 valence electrons. The van der Waals surface area contributed by atoms with Gasteiger partial charge in [-0.2, -0.15) is 0 Å². The summed E-state index contributed by atoms with van der Waals surface area (Å²) in [6, 6.07) is 1.34. The monoisotopic (exact) mass is 475 g/mol. The van der Waals surface area contributed by atoms with E-state index in [2.05, 4.69) is 15.6 Å². The molecular weight excluding hydrogens is 442 g/mol. The predicted molar refractivity (Wildman–Crippen MR) is 136 cm³/mol. The van der Waals surface area contributed by atoms with Gasteiger partial charge in [0.25, 0.3) is 5.91 Å². The SMILES string of the molecule is CCNC(=O)N1CCc2cnc(C(=O)NC3C=CC=C(C(=N)N4CCCCC4=N)C=C3C)cc2C1. The summed E-state index contributed by atoms with van der Waals surface area (Å²) in [6.45, 7) is 6.16. The summed E-state index contributed by atoms with van der Waals surface area (Å²) in [5, 5.41) is 22.6. The van der Waals surface area contributed by atoms with E-state index in [1.165, 1.54) is 0 Å². The molecule has 3 amide bonds. The number of pyridine rings is 1. The van der Waals surface area contributed by atoms with Gasteiger partial charge in [0.05, 0.1) is 6.04 Å². The van der Waals surface area contributed by atoms with E-state index in [9.17, 15) is 9.59 Å². The van der Waals surface area contributed by atoms with E-state index in [-0.39, 0.29) is 18.0 Å². The summed E-state index contributed by atoms with van der Waals surface area (Å²) in [4.78, 5) is 33.2. The Morgan fingerprint density at radius 1 is 1.20 bits per heavy atom. The number of carbonyl (C=O) groups is 2. The summed E-state index contributed by atoms with van der Waals surface area (Å²) >= 11 is 0. The number of nitrogens with one attached hydrogen (secondary N) is 4. The molecule has 3 aliphatic rings. The molecule has 1 unspecified atom stereocenters. The number of nitrogens with zero attached hydrogens (tertiary/aromatic N) is 3. The lowest BCUT2D eigenvalue weighted by Gasteiger charge is -2.30. The zero-order chi connectivity index (χ0) is 24.9. The highest BCUT2D eigenvalue weighted by atomic mass is 16.2. The maximum atomic E-state index is 13.1. The Balaban J connectivity index is 1.44. The highest BCUT2D eigenvalue weighted by molar-refractivity contribution is 6.08. The third-order valence-electron chi connectivity index (χ3n) is 6.60. The van der Waals surface area contributed by atoms with Crippen molar-refractivity contribution in [2.45, 2.75) is 52.1 Å². The molecule has 1 fully saturated rings. The van der Waals surface area contributed by atoms with Gasteiger partial charge in [0.1, 0.15) is 17.4 Å². The molecule has 3 heterocycles. The van der Waals surface area contributed by atoms with Crippen LogP contribution < -0.4 is 10.6 Å². The van der Waals surface area contributed by atoms with E-state index in [1.54, 1.807) is 22.1 Å². The molecule has 1 aromatic rings. The first-order valence-corrected chi connectivity index (χ1v) is 12.2. The van der Waals surface area contributed by atoms with Crippen molar-refractivity contribution >= 4 is 23.6 Å². The molecule has 1 atom stereocenters. The molecule has 1 aliphatic carbocycles. The number of aromatic nitrogens is 1. The van der Waals surface area contributed by atoms with Crippen molar-refractivity contribution in [3.05, 3.63) is 64.5 Å². The quantitative estimate of drug-likeness (QED) is 0.394. The third-order valence-corrected chi connectivity index (χ3v) is 6.60. The van der Waals surface area contributed by atoms with Gasteiger partial charge in [-0.15, -0.1) is 0 Å². The second-order valence-electron chi connectivity index (χ2n) is 9.10. The van der Waals surface area contributed by atoms with E-state index < -0.39 is 0 Å². The minimum atomic E-state index is -0.338. The van der Waals surface area contributed by atoms with Crippen molar-refractivity contribution in [1.82, 2.24) is 25.4 Å². The Morgan fingerprint density at radius 2 is 2.03 bits per heavy atom. The number of hydrogen-bond donors (Lipinski definition) is 4. The molecule has 0 bridgehead atoms. The van der Waals surface area contributed by atoms with Crippen LogP contribution in [0.1, 0.15) is 54.7 Å². The van der Waals surface area contributed by atoms with Crippen LogP contribution in [0.5, 0.6) is 0 Å². The smallest absolute Gasteiger partial charge is 0.317 e. The van der Waals surface area contributed by atoms with Gasteiger partial charge in [-0.05, 0) is 62.0 Å². The van der Waals surface area contributed by atoms with Gasteiger partial charge in [-0.1, -0.05) is 18.2 Å². The van der Waals surface area contributed by atoms with Crippen LogP contribution in [0.3, 0.4) is 0 Å². The Hall–Kier alpha value is -3.75. The zero-order valence-corrected chi connectivity index (χ0v) is 20.4. The summed E-state index contributed by atoms with van der Waals surface area (Å²) in [5.41, 5.74) is 3.93. The van der Waals surface area contributed by atoms with Gasteiger partial charge in [-0.3, -0.25) is 20.6 Å². The van der Waals surface area contributed by atoms with E-state index in [4.69, 9.17) is 10.8 Å². The molecular formula is C26H33N7O2. The lowest BCUT2D eigenvalue weighted by atomic mass is 10.0. The van der Waals surface area contributed by atoms with E-state index in [0.717, 1.165) is 35.1 Å². The van der Waals surface area contributed by atoms with Crippen LogP contribution in [0.25, 0.3) is 0 Å². The largest absolute Gasteiger partial charge is 0.341 e. The molecule has 35 heavy (non-hydrogen) atoms. The average Bonchev–Trinajstić information content (AvgIpc) is 3.04. The number of amidine groups is 2. The summed E-state index contributed by atoms with van der Waals surface area (Å²) in [6.07, 6.45) is 12.6. The molecule has 4 rings (SSSR count). The molecule has 2 aliphatic heterocycles. The normalized spacial score (nSPS) is 19.8. The lowest BCUT2D eigenvalue weighted by molar-refractivity contribution is 0.0943. The van der Waals surface area contributed by atoms with Crippen molar-refractivity contribution in [3.63, 3.8) is 0 Å². The second-order valence-corrected chi connectivity index (χ2v) is 9.10. The molecule has 4 N–H and O–H groups in total. The number of hydrogen-bond acceptors (Lipinski definition) is 5. The number of fused-ring (bicyclic) bond motifs is 1. The van der Waals surface area contributed by atoms with Gasteiger partial charge in [0.2, 0.25) is 0 Å². The van der Waals surface area contributed by atoms with Crippen molar-refractivity contribution in [2.75, 3.05) is 19.6 Å². The topological polar surface area (TPSA) is 125 Å². The standard InChI is InChI=1S/C26H33N7O2/c1-3-29-26(35)32-12-10-19-15-30-22(14-20(19)16-32)25(34)31-21-8-6-7-18(13-17(21)2)24(28)33-11-5-4-9-23(33)27/h6-8,13-15,21,27-28H,3-5,9-12,16H2,1-2H3,(H,29,35)(H,31,34). The summed E-state index contributed by atoms with van der Waals surface area (Å²) < 4.78 is 0. The van der Waals surface area contributed by atoms with E-state index in [0.29, 0.717) is 56.4 Å². The van der Waals surface area contributed by atoms with Crippen LogP contribution in [0.15, 0.2) is 47.7 Å². The van der Waals surface area contributed by atoms with Gasteiger partial charge < -0.3 is 20.4 Å². The fraction of sp³-hybridized carbons (Fsp3) is 0.423. The number of likely N-dealkylation sites (tertiary alicyclic amines) is 1. The average molecular weight is 476 g/mol. The lowest BCUT2D eigenvalue weighted by Crippen LogP contribution is -2.42. The fourth-order valence-electron chi connectivity index (χ4n) is 4.56. The van der Waals surface area contributed by atoms with Gasteiger partial charge >= 0.3 is 6.03 Å². The molecule has 0 radical (unpaired) electrons. The fourth-order valence-corrected chi connectivity index (χ4v) is 4.56. The minimum absolute atomic E-state index is 0.0983. The van der Waals surface area contributed by atoms with Crippen LogP contribution in [-0.4, -0.2) is 64.1 Å². The number of piperidine rings is 1. The van der Waals surface area contributed by atoms with Crippen LogP contribution in [-0.2, 0) is 13.0 Å². The molecule has 1 saturated heterocycles. The number of urea groups is 1. The molecule has 0 aromatic carbocycles. The highest BCUT2D eigenvalue weighted by Crippen LogP contribution is 2.21. The summed E-state index contributed by atoms with van der Waals surface area (Å²) in [5.74, 6) is 0.510. The Kier molecular flexibility index (Phi) is 7.43. The third kappa shape index (κ3) is 5.50. The van der Waals surface area contributed by atoms with E-state index in [1.807, 2.05) is 38.2 Å². The number of amides is 3. The Labute approximate surface area is 206 Å². The summed E-state index contributed by atoms with van der Waals surface area (Å²) in [7, 11) is 0. The van der Waals surface area contributed by atoms with Crippen molar-refractivity contribution in [3.8, 4) is 0 Å². The Morgan fingerprint density at radius 3 is 2.80 bits per heavy atom. The molecule has 0 spiro atoms. The second kappa shape index (κ2) is 10.7. The maximum absolute atomic E-state index is 13.1.